The number of rotatable bonds is 4. The largest absolute Gasteiger partial charge is 0.322 e. The van der Waals surface area contributed by atoms with Gasteiger partial charge in [0.2, 0.25) is 5.95 Å². The maximum absolute atomic E-state index is 13.0. The van der Waals surface area contributed by atoms with Crippen LogP contribution in [-0.4, -0.2) is 10.9 Å². The molecule has 1 heterocycles. The van der Waals surface area contributed by atoms with Gasteiger partial charge in [-0.1, -0.05) is 31.5 Å². The molecule has 98 valence electrons. The molecule has 3 nitrogen and oxygen atoms in total. The monoisotopic (exact) mass is 258 g/mol. The van der Waals surface area contributed by atoms with E-state index in [4.69, 9.17) is 0 Å². The van der Waals surface area contributed by atoms with Gasteiger partial charge >= 0.3 is 0 Å². The second kappa shape index (κ2) is 6.09. The Morgan fingerprint density at radius 1 is 1.32 bits per heavy atom. The van der Waals surface area contributed by atoms with Crippen LogP contribution in [0.25, 0.3) is 0 Å². The lowest BCUT2D eigenvalue weighted by atomic mass is 10.1. The number of para-hydroxylation sites is 1. The minimum absolute atomic E-state index is 0.263. The van der Waals surface area contributed by atoms with Gasteiger partial charge in [0, 0.05) is 23.5 Å². The average Bonchev–Trinajstić information content (AvgIpc) is 2.41. The number of anilines is 1. The van der Waals surface area contributed by atoms with Crippen molar-refractivity contribution in [1.82, 2.24) is 4.98 Å². The van der Waals surface area contributed by atoms with Crippen LogP contribution < -0.4 is 5.32 Å². The number of hydrogen-bond acceptors (Lipinski definition) is 2. The highest BCUT2D eigenvalue weighted by atomic mass is 19.1. The minimum atomic E-state index is -0.658. The van der Waals surface area contributed by atoms with Crippen LogP contribution in [0, 0.1) is 5.95 Å². The Kier molecular flexibility index (Phi) is 4.23. The molecule has 0 saturated heterocycles. The molecule has 1 aromatic heterocycles. The SMILES string of the molecule is CCCc1ccccc1NC(=O)c1ccnc(F)c1. The van der Waals surface area contributed by atoms with Crippen LogP contribution in [0.2, 0.25) is 0 Å². The zero-order chi connectivity index (χ0) is 13.7. The smallest absolute Gasteiger partial charge is 0.255 e. The Morgan fingerprint density at radius 2 is 2.11 bits per heavy atom. The maximum atomic E-state index is 13.0. The Bertz CT molecular complexity index is 584. The molecule has 4 heteroatoms. The molecule has 0 atom stereocenters. The summed E-state index contributed by atoms with van der Waals surface area (Å²) < 4.78 is 13.0. The minimum Gasteiger partial charge on any atom is -0.322 e. The Hall–Kier alpha value is -2.23. The second-order valence-electron chi connectivity index (χ2n) is 4.23. The van der Waals surface area contributed by atoms with Crippen molar-refractivity contribution in [2.24, 2.45) is 0 Å². The molecule has 0 aliphatic rings. The first-order valence-corrected chi connectivity index (χ1v) is 6.21. The number of amides is 1. The number of carbonyl (C=O) groups is 1. The van der Waals surface area contributed by atoms with E-state index in [0.29, 0.717) is 0 Å². The van der Waals surface area contributed by atoms with Gasteiger partial charge in [-0.2, -0.15) is 4.39 Å². The van der Waals surface area contributed by atoms with Gasteiger partial charge in [-0.25, -0.2) is 4.98 Å². The molecule has 0 aliphatic heterocycles. The number of hydrogen-bond donors (Lipinski definition) is 1. The maximum Gasteiger partial charge on any atom is 0.255 e. The summed E-state index contributed by atoms with van der Waals surface area (Å²) in [4.78, 5) is 15.4. The van der Waals surface area contributed by atoms with Crippen LogP contribution in [0.3, 0.4) is 0 Å². The average molecular weight is 258 g/mol. The molecule has 0 fully saturated rings. The zero-order valence-electron chi connectivity index (χ0n) is 10.7. The molecule has 1 aromatic carbocycles. The summed E-state index contributed by atoms with van der Waals surface area (Å²) >= 11 is 0. The van der Waals surface area contributed by atoms with Crippen molar-refractivity contribution in [3.05, 3.63) is 59.7 Å². The van der Waals surface area contributed by atoms with Gasteiger partial charge < -0.3 is 5.32 Å². The third-order valence-corrected chi connectivity index (χ3v) is 2.77. The number of nitrogens with one attached hydrogen (secondary N) is 1. The molecule has 0 unspecified atom stereocenters. The van der Waals surface area contributed by atoms with Crippen molar-refractivity contribution in [1.29, 1.82) is 0 Å². The fraction of sp³-hybridized carbons (Fsp3) is 0.200. The first-order chi connectivity index (χ1) is 9.20. The van der Waals surface area contributed by atoms with E-state index in [-0.39, 0.29) is 11.5 Å². The lowest BCUT2D eigenvalue weighted by molar-refractivity contribution is 0.102. The van der Waals surface area contributed by atoms with Gasteiger partial charge in [0.05, 0.1) is 0 Å². The lowest BCUT2D eigenvalue weighted by Gasteiger charge is -2.10. The molecule has 19 heavy (non-hydrogen) atoms. The number of halogens is 1. The molecule has 0 bridgehead atoms. The van der Waals surface area contributed by atoms with Crippen LogP contribution in [0.4, 0.5) is 10.1 Å². The molecule has 0 spiro atoms. The number of carbonyl (C=O) groups excluding carboxylic acids is 1. The quantitative estimate of drug-likeness (QED) is 0.854. The van der Waals surface area contributed by atoms with Crippen LogP contribution in [0.1, 0.15) is 29.3 Å². The van der Waals surface area contributed by atoms with E-state index in [1.807, 2.05) is 24.3 Å². The van der Waals surface area contributed by atoms with Gasteiger partial charge in [-0.05, 0) is 24.1 Å². The molecule has 1 N–H and O–H groups in total. The number of nitrogens with zero attached hydrogens (tertiary/aromatic N) is 1. The third kappa shape index (κ3) is 3.37. The van der Waals surface area contributed by atoms with Crippen LogP contribution >= 0.6 is 0 Å². The highest BCUT2D eigenvalue weighted by molar-refractivity contribution is 6.04. The molecule has 2 aromatic rings. The first kappa shape index (κ1) is 13.2. The summed E-state index contributed by atoms with van der Waals surface area (Å²) in [6.07, 6.45) is 3.17. The fourth-order valence-corrected chi connectivity index (χ4v) is 1.87. The summed E-state index contributed by atoms with van der Waals surface area (Å²) in [6.45, 7) is 2.08. The van der Waals surface area contributed by atoms with Gasteiger partial charge in [0.1, 0.15) is 0 Å². The topological polar surface area (TPSA) is 42.0 Å². The highest BCUT2D eigenvalue weighted by Crippen LogP contribution is 2.17. The van der Waals surface area contributed by atoms with Crippen molar-refractivity contribution >= 4 is 11.6 Å². The van der Waals surface area contributed by atoms with Crippen molar-refractivity contribution in [3.8, 4) is 0 Å². The molecular weight excluding hydrogens is 243 g/mol. The van der Waals surface area contributed by atoms with Crippen LogP contribution in [0.5, 0.6) is 0 Å². The second-order valence-corrected chi connectivity index (χ2v) is 4.23. The number of pyridine rings is 1. The molecule has 0 aliphatic carbocycles. The lowest BCUT2D eigenvalue weighted by Crippen LogP contribution is -2.13. The van der Waals surface area contributed by atoms with Crippen molar-refractivity contribution in [2.45, 2.75) is 19.8 Å². The van der Waals surface area contributed by atoms with Crippen LogP contribution in [0.15, 0.2) is 42.6 Å². The normalized spacial score (nSPS) is 10.2. The van der Waals surface area contributed by atoms with E-state index in [2.05, 4.69) is 17.2 Å². The van der Waals surface area contributed by atoms with Crippen LogP contribution in [-0.2, 0) is 6.42 Å². The fourth-order valence-electron chi connectivity index (χ4n) is 1.87. The van der Waals surface area contributed by atoms with Crippen molar-refractivity contribution < 1.29 is 9.18 Å². The van der Waals surface area contributed by atoms with E-state index in [1.54, 1.807) is 0 Å². The first-order valence-electron chi connectivity index (χ1n) is 6.21. The Labute approximate surface area is 111 Å². The van der Waals surface area contributed by atoms with Gasteiger partial charge in [-0.3, -0.25) is 4.79 Å². The molecule has 0 radical (unpaired) electrons. The predicted octanol–water partition coefficient (Wildman–Crippen LogP) is 3.43. The molecular formula is C15H15FN2O. The van der Waals surface area contributed by atoms with Gasteiger partial charge in [0.15, 0.2) is 0 Å². The third-order valence-electron chi connectivity index (χ3n) is 2.77. The van der Waals surface area contributed by atoms with Gasteiger partial charge in [-0.15, -0.1) is 0 Å². The summed E-state index contributed by atoms with van der Waals surface area (Å²) in [5.74, 6) is -0.987. The van der Waals surface area contributed by atoms with E-state index in [9.17, 15) is 9.18 Å². The standard InChI is InChI=1S/C15H15FN2O/c1-2-5-11-6-3-4-7-13(11)18-15(19)12-8-9-17-14(16)10-12/h3-4,6-10H,2,5H2,1H3,(H,18,19). The van der Waals surface area contributed by atoms with Gasteiger partial charge in [0.25, 0.3) is 5.91 Å². The summed E-state index contributed by atoms with van der Waals surface area (Å²) in [5.41, 5.74) is 2.11. The number of aromatic nitrogens is 1. The van der Waals surface area contributed by atoms with E-state index >= 15 is 0 Å². The Balaban J connectivity index is 2.19. The van der Waals surface area contributed by atoms with E-state index in [1.165, 1.54) is 12.3 Å². The Morgan fingerprint density at radius 3 is 2.84 bits per heavy atom. The summed E-state index contributed by atoms with van der Waals surface area (Å²) in [6, 6.07) is 10.2. The highest BCUT2D eigenvalue weighted by Gasteiger charge is 2.09. The molecule has 1 amide bonds. The number of benzene rings is 1. The van der Waals surface area contributed by atoms with E-state index in [0.717, 1.165) is 30.2 Å². The van der Waals surface area contributed by atoms with Crippen molar-refractivity contribution in [2.75, 3.05) is 5.32 Å². The predicted molar refractivity (Wildman–Crippen MR) is 72.6 cm³/mol. The summed E-state index contributed by atoms with van der Waals surface area (Å²) in [7, 11) is 0. The molecule has 0 saturated carbocycles. The molecule has 2 rings (SSSR count). The zero-order valence-corrected chi connectivity index (χ0v) is 10.7. The summed E-state index contributed by atoms with van der Waals surface area (Å²) in [5, 5.41) is 2.81. The number of aryl methyl sites for hydroxylation is 1. The van der Waals surface area contributed by atoms with Crippen molar-refractivity contribution in [3.63, 3.8) is 0 Å². The van der Waals surface area contributed by atoms with E-state index < -0.39 is 5.95 Å².